The first-order valence-corrected chi connectivity index (χ1v) is 7.98. The van der Waals surface area contributed by atoms with Crippen LogP contribution in [0.5, 0.6) is 0 Å². The molecule has 0 unspecified atom stereocenters. The maximum atomic E-state index is 4.55. The van der Waals surface area contributed by atoms with Crippen LogP contribution in [0.4, 0.5) is 0 Å². The number of benzene rings is 1. The second kappa shape index (κ2) is 6.51. The van der Waals surface area contributed by atoms with E-state index in [0.29, 0.717) is 5.92 Å². The van der Waals surface area contributed by atoms with Gasteiger partial charge in [0.2, 0.25) is 0 Å². The highest BCUT2D eigenvalue weighted by Gasteiger charge is 2.21. The second-order valence-electron chi connectivity index (χ2n) is 5.44. The van der Waals surface area contributed by atoms with Gasteiger partial charge in [-0.1, -0.05) is 30.3 Å². The van der Waals surface area contributed by atoms with Gasteiger partial charge in [-0.15, -0.1) is 0 Å². The molecule has 1 fully saturated rings. The van der Waals surface area contributed by atoms with Crippen LogP contribution in [-0.2, 0) is 6.54 Å². The van der Waals surface area contributed by atoms with E-state index in [0.717, 1.165) is 24.1 Å². The summed E-state index contributed by atoms with van der Waals surface area (Å²) in [6.07, 6.45) is 4.33. The van der Waals surface area contributed by atoms with Gasteiger partial charge in [0, 0.05) is 28.8 Å². The zero-order valence-electron chi connectivity index (χ0n) is 11.5. The van der Waals surface area contributed by atoms with Crippen molar-refractivity contribution in [2.45, 2.75) is 25.3 Å². The van der Waals surface area contributed by atoms with Gasteiger partial charge < -0.3 is 0 Å². The molecule has 0 N–H and O–H groups in total. The summed E-state index contributed by atoms with van der Waals surface area (Å²) < 4.78 is 1.06. The predicted octanol–water partition coefficient (Wildman–Crippen LogP) is 4.22. The molecule has 1 aromatic heterocycles. The summed E-state index contributed by atoms with van der Waals surface area (Å²) in [5.41, 5.74) is 2.65. The number of rotatable bonds is 3. The van der Waals surface area contributed by atoms with E-state index in [-0.39, 0.29) is 0 Å². The standard InChI is InChI=1S/C17H19BrN2/c18-16-6-7-17(19-12-16)15-8-10-20(11-9-15)13-14-4-2-1-3-5-14/h1-7,12,15H,8-11,13H2. The minimum atomic E-state index is 0.620. The summed E-state index contributed by atoms with van der Waals surface area (Å²) in [5, 5.41) is 0. The number of aromatic nitrogens is 1. The fourth-order valence-electron chi connectivity index (χ4n) is 2.86. The van der Waals surface area contributed by atoms with Crippen LogP contribution in [0.2, 0.25) is 0 Å². The zero-order valence-corrected chi connectivity index (χ0v) is 13.1. The highest BCUT2D eigenvalue weighted by atomic mass is 79.9. The summed E-state index contributed by atoms with van der Waals surface area (Å²) in [7, 11) is 0. The lowest BCUT2D eigenvalue weighted by Gasteiger charge is -2.31. The van der Waals surface area contributed by atoms with Crippen LogP contribution in [0.15, 0.2) is 53.1 Å². The molecule has 1 aromatic carbocycles. The summed E-state index contributed by atoms with van der Waals surface area (Å²) in [6, 6.07) is 15.0. The first-order chi connectivity index (χ1) is 9.81. The fraction of sp³-hybridized carbons (Fsp3) is 0.353. The number of nitrogens with zero attached hydrogens (tertiary/aromatic N) is 2. The van der Waals surface area contributed by atoms with Crippen LogP contribution < -0.4 is 0 Å². The van der Waals surface area contributed by atoms with Gasteiger partial charge in [0.25, 0.3) is 0 Å². The van der Waals surface area contributed by atoms with E-state index in [9.17, 15) is 0 Å². The van der Waals surface area contributed by atoms with Gasteiger partial charge >= 0.3 is 0 Å². The molecule has 1 aliphatic heterocycles. The first kappa shape index (κ1) is 13.8. The maximum Gasteiger partial charge on any atom is 0.0436 e. The normalized spacial score (nSPS) is 17.2. The average molecular weight is 331 g/mol. The van der Waals surface area contributed by atoms with Gasteiger partial charge in [0.05, 0.1) is 0 Å². The topological polar surface area (TPSA) is 16.1 Å². The van der Waals surface area contributed by atoms with Crippen molar-refractivity contribution in [2.24, 2.45) is 0 Å². The van der Waals surface area contributed by atoms with Crippen molar-refractivity contribution in [1.29, 1.82) is 0 Å². The lowest BCUT2D eigenvalue weighted by molar-refractivity contribution is 0.203. The SMILES string of the molecule is Brc1ccc(C2CCN(Cc3ccccc3)CC2)nc1. The Bertz CT molecular complexity index is 531. The van der Waals surface area contributed by atoms with Crippen LogP contribution >= 0.6 is 15.9 Å². The van der Waals surface area contributed by atoms with Crippen molar-refractivity contribution in [3.05, 3.63) is 64.4 Å². The Morgan fingerprint density at radius 2 is 1.80 bits per heavy atom. The van der Waals surface area contributed by atoms with Crippen LogP contribution in [0.1, 0.15) is 30.0 Å². The smallest absolute Gasteiger partial charge is 0.0436 e. The summed E-state index contributed by atoms with van der Waals surface area (Å²) in [4.78, 5) is 7.09. The highest BCUT2D eigenvalue weighted by Crippen LogP contribution is 2.27. The third-order valence-electron chi connectivity index (χ3n) is 4.01. The number of piperidine rings is 1. The molecule has 2 nitrogen and oxygen atoms in total. The molecule has 2 aromatic rings. The largest absolute Gasteiger partial charge is 0.299 e. The lowest BCUT2D eigenvalue weighted by Crippen LogP contribution is -2.32. The molecule has 0 atom stereocenters. The molecule has 0 amide bonds. The monoisotopic (exact) mass is 330 g/mol. The van der Waals surface area contributed by atoms with E-state index in [1.54, 1.807) is 0 Å². The molecule has 3 heteroatoms. The summed E-state index contributed by atoms with van der Waals surface area (Å²) in [6.45, 7) is 3.40. The Morgan fingerprint density at radius 3 is 2.45 bits per heavy atom. The van der Waals surface area contributed by atoms with Crippen molar-refractivity contribution in [2.75, 3.05) is 13.1 Å². The molecule has 1 aliphatic rings. The number of hydrogen-bond donors (Lipinski definition) is 0. The Morgan fingerprint density at radius 1 is 1.05 bits per heavy atom. The van der Waals surface area contributed by atoms with Crippen molar-refractivity contribution in [3.63, 3.8) is 0 Å². The molecule has 2 heterocycles. The minimum absolute atomic E-state index is 0.620. The van der Waals surface area contributed by atoms with E-state index >= 15 is 0 Å². The van der Waals surface area contributed by atoms with Gasteiger partial charge in [0.1, 0.15) is 0 Å². The number of likely N-dealkylation sites (tertiary alicyclic amines) is 1. The second-order valence-corrected chi connectivity index (χ2v) is 6.35. The van der Waals surface area contributed by atoms with E-state index in [1.807, 2.05) is 6.20 Å². The summed E-state index contributed by atoms with van der Waals surface area (Å²) >= 11 is 3.45. The molecule has 0 aliphatic carbocycles. The Kier molecular flexibility index (Phi) is 4.48. The minimum Gasteiger partial charge on any atom is -0.299 e. The highest BCUT2D eigenvalue weighted by molar-refractivity contribution is 9.10. The zero-order chi connectivity index (χ0) is 13.8. The van der Waals surface area contributed by atoms with Gasteiger partial charge in [0.15, 0.2) is 0 Å². The maximum absolute atomic E-state index is 4.55. The first-order valence-electron chi connectivity index (χ1n) is 7.19. The fourth-order valence-corrected chi connectivity index (χ4v) is 3.09. The van der Waals surface area contributed by atoms with Crippen LogP contribution in [-0.4, -0.2) is 23.0 Å². The number of pyridine rings is 1. The molecular formula is C17H19BrN2. The van der Waals surface area contributed by atoms with E-state index in [4.69, 9.17) is 0 Å². The molecule has 3 rings (SSSR count). The molecule has 0 bridgehead atoms. The van der Waals surface area contributed by atoms with Crippen LogP contribution in [0.25, 0.3) is 0 Å². The quantitative estimate of drug-likeness (QED) is 0.837. The lowest BCUT2D eigenvalue weighted by atomic mass is 9.93. The molecule has 0 radical (unpaired) electrons. The van der Waals surface area contributed by atoms with Gasteiger partial charge in [-0.2, -0.15) is 0 Å². The molecule has 104 valence electrons. The van der Waals surface area contributed by atoms with Gasteiger partial charge in [-0.25, -0.2) is 0 Å². The van der Waals surface area contributed by atoms with Gasteiger partial charge in [-0.3, -0.25) is 9.88 Å². The van der Waals surface area contributed by atoms with E-state index < -0.39 is 0 Å². The van der Waals surface area contributed by atoms with E-state index in [1.165, 1.54) is 24.1 Å². The molecule has 20 heavy (non-hydrogen) atoms. The van der Waals surface area contributed by atoms with Crippen LogP contribution in [0.3, 0.4) is 0 Å². The Hall–Kier alpha value is -1.19. The van der Waals surface area contributed by atoms with Crippen molar-refractivity contribution < 1.29 is 0 Å². The van der Waals surface area contributed by atoms with Crippen molar-refractivity contribution in [1.82, 2.24) is 9.88 Å². The Balaban J connectivity index is 1.55. The van der Waals surface area contributed by atoms with Crippen molar-refractivity contribution in [3.8, 4) is 0 Å². The molecule has 1 saturated heterocycles. The van der Waals surface area contributed by atoms with Crippen molar-refractivity contribution >= 4 is 15.9 Å². The third kappa shape index (κ3) is 3.47. The average Bonchev–Trinajstić information content (AvgIpc) is 2.50. The predicted molar refractivity (Wildman–Crippen MR) is 85.6 cm³/mol. The molecule has 0 saturated carbocycles. The number of halogens is 1. The summed E-state index contributed by atoms with van der Waals surface area (Å²) in [5.74, 6) is 0.620. The van der Waals surface area contributed by atoms with Crippen LogP contribution in [0, 0.1) is 0 Å². The van der Waals surface area contributed by atoms with E-state index in [2.05, 4.69) is 68.3 Å². The molecule has 0 spiro atoms. The number of hydrogen-bond acceptors (Lipinski definition) is 2. The third-order valence-corrected chi connectivity index (χ3v) is 4.47. The van der Waals surface area contributed by atoms with Gasteiger partial charge in [-0.05, 0) is 59.6 Å². The molecular weight excluding hydrogens is 312 g/mol. The Labute approximate surface area is 129 Å².